The molecule has 4 aliphatic rings. The number of hydrogen-bond acceptors (Lipinski definition) is 7. The molecule has 2 aromatic carbocycles. The molecule has 284 valence electrons. The van der Waals surface area contributed by atoms with Gasteiger partial charge < -0.3 is 20.1 Å². The highest BCUT2D eigenvalue weighted by Gasteiger charge is 2.33. The number of fused-ring (bicyclic) bond motifs is 2. The van der Waals surface area contributed by atoms with Gasteiger partial charge in [-0.3, -0.25) is 33.8 Å². The van der Waals surface area contributed by atoms with Crippen LogP contribution in [-0.2, 0) is 23.1 Å². The molecule has 12 heteroatoms. The second-order valence-electron chi connectivity index (χ2n) is 16.0. The molecule has 3 aromatic heterocycles. The first-order valence-corrected chi connectivity index (χ1v) is 19.8. The largest absolute Gasteiger partial charge is 0.372 e. The molecule has 3 fully saturated rings. The average molecular weight is 741 g/mol. The molecule has 0 bridgehead atoms. The summed E-state index contributed by atoms with van der Waals surface area (Å²) in [6.07, 6.45) is 7.60. The Morgan fingerprint density at radius 2 is 1.64 bits per heavy atom. The maximum absolute atomic E-state index is 13.4. The fraction of sp³-hybridized carbons (Fsp3) is 0.419. The van der Waals surface area contributed by atoms with Crippen molar-refractivity contribution >= 4 is 34.4 Å². The molecule has 3 saturated heterocycles. The number of amides is 3. The lowest BCUT2D eigenvalue weighted by molar-refractivity contribution is -0.135. The van der Waals surface area contributed by atoms with Gasteiger partial charge in [0.2, 0.25) is 11.8 Å². The number of aromatic amines is 1. The lowest BCUT2D eigenvalue weighted by Crippen LogP contribution is -2.44. The Morgan fingerprint density at radius 1 is 0.855 bits per heavy atom. The van der Waals surface area contributed by atoms with E-state index in [1.54, 1.807) is 16.2 Å². The number of likely N-dealkylation sites (tertiary alicyclic amines) is 1. The molecular formula is C43H48N8O4. The summed E-state index contributed by atoms with van der Waals surface area (Å²) in [4.78, 5) is 63.7. The third-order valence-electron chi connectivity index (χ3n) is 12.4. The van der Waals surface area contributed by atoms with E-state index in [1.807, 2.05) is 37.4 Å². The number of nitrogens with one attached hydrogen (secondary N) is 3. The molecule has 1 unspecified atom stereocenters. The van der Waals surface area contributed by atoms with Gasteiger partial charge in [0.25, 0.3) is 5.91 Å². The second kappa shape index (κ2) is 14.3. The number of aromatic nitrogens is 4. The van der Waals surface area contributed by atoms with Crippen LogP contribution in [0, 0.1) is 5.92 Å². The predicted octanol–water partition coefficient (Wildman–Crippen LogP) is 5.15. The molecule has 0 aliphatic carbocycles. The molecular weight excluding hydrogens is 693 g/mol. The zero-order valence-corrected chi connectivity index (χ0v) is 31.5. The highest BCUT2D eigenvalue weighted by Crippen LogP contribution is 2.36. The predicted molar refractivity (Wildman–Crippen MR) is 212 cm³/mol. The summed E-state index contributed by atoms with van der Waals surface area (Å²) in [7, 11) is 1.79. The van der Waals surface area contributed by atoms with Crippen LogP contribution < -0.4 is 21.2 Å². The van der Waals surface area contributed by atoms with E-state index in [0.717, 1.165) is 110 Å². The van der Waals surface area contributed by atoms with Crippen molar-refractivity contribution in [2.45, 2.75) is 69.9 Å². The Kier molecular flexibility index (Phi) is 9.16. The number of carbonyl (C=O) groups is 3. The van der Waals surface area contributed by atoms with Crippen LogP contribution in [0.25, 0.3) is 33.5 Å². The number of carbonyl (C=O) groups excluding carboxylic acids is 3. The Labute approximate surface area is 319 Å². The molecule has 5 aromatic rings. The topological polar surface area (TPSA) is 137 Å². The fourth-order valence-corrected chi connectivity index (χ4v) is 9.47. The number of aryl methyl sites for hydroxylation is 1. The van der Waals surface area contributed by atoms with Crippen molar-refractivity contribution in [3.63, 3.8) is 0 Å². The highest BCUT2D eigenvalue weighted by molar-refractivity contribution is 6.00. The van der Waals surface area contributed by atoms with E-state index >= 15 is 0 Å². The van der Waals surface area contributed by atoms with Crippen molar-refractivity contribution in [1.82, 2.24) is 34.6 Å². The summed E-state index contributed by atoms with van der Waals surface area (Å²) < 4.78 is 3.28. The maximum atomic E-state index is 13.4. The van der Waals surface area contributed by atoms with Gasteiger partial charge >= 0.3 is 5.69 Å². The standard InChI is InChI=1S/C43H48N8O4/c1-26-22-36-33(41(53)45-26)24-35(46-36)30-12-17-44-34(23-30)29-6-8-31(9-7-29)50-20-13-27(14-21-50)25-49-18-15-28(16-19-49)32-4-3-5-37-40(32)48(2)43(55)51(37)38-10-11-39(52)47-42(38)54/h3-9,12,17,23-24,26-28,38,46H,10-11,13-16,18-22,25H2,1-2H3,(H,45,53)(H,47,52,54)/t26-,38?/m1/s1. The SMILES string of the molecule is C[C@@H]1Cc2[nH]c(-c3ccnc(-c4ccc(N5CCC(CN6CCC(c7cccc8c7n(C)c(=O)n8C7CCC(=O)NC7=O)CC6)CC5)cc4)c3)cc2C(=O)N1. The van der Waals surface area contributed by atoms with Gasteiger partial charge in [0.15, 0.2) is 0 Å². The summed E-state index contributed by atoms with van der Waals surface area (Å²) in [5, 5.41) is 5.42. The first kappa shape index (κ1) is 35.2. The lowest BCUT2D eigenvalue weighted by Gasteiger charge is -2.38. The zero-order valence-electron chi connectivity index (χ0n) is 31.5. The third-order valence-corrected chi connectivity index (χ3v) is 12.4. The van der Waals surface area contributed by atoms with Gasteiger partial charge in [-0.25, -0.2) is 4.79 Å². The molecule has 7 heterocycles. The molecule has 55 heavy (non-hydrogen) atoms. The minimum absolute atomic E-state index is 0.0194. The Balaban J connectivity index is 0.793. The monoisotopic (exact) mass is 740 g/mol. The van der Waals surface area contributed by atoms with Gasteiger partial charge in [-0.1, -0.05) is 24.3 Å². The van der Waals surface area contributed by atoms with E-state index < -0.39 is 11.9 Å². The molecule has 9 rings (SSSR count). The number of piperidine rings is 3. The summed E-state index contributed by atoms with van der Waals surface area (Å²) >= 11 is 0. The van der Waals surface area contributed by atoms with Crippen LogP contribution >= 0.6 is 0 Å². The van der Waals surface area contributed by atoms with E-state index in [9.17, 15) is 19.2 Å². The van der Waals surface area contributed by atoms with E-state index in [2.05, 4.69) is 66.8 Å². The van der Waals surface area contributed by atoms with Crippen LogP contribution in [0.5, 0.6) is 0 Å². The lowest BCUT2D eigenvalue weighted by atomic mass is 9.87. The quantitative estimate of drug-likeness (QED) is 0.197. The minimum Gasteiger partial charge on any atom is -0.372 e. The third kappa shape index (κ3) is 6.66. The molecule has 3 amide bonds. The number of para-hydroxylation sites is 1. The fourth-order valence-electron chi connectivity index (χ4n) is 9.47. The second-order valence-corrected chi connectivity index (χ2v) is 16.0. The first-order valence-electron chi connectivity index (χ1n) is 19.8. The Morgan fingerprint density at radius 3 is 2.40 bits per heavy atom. The normalized spacial score (nSPS) is 21.5. The van der Waals surface area contributed by atoms with Crippen molar-refractivity contribution in [2.24, 2.45) is 13.0 Å². The Bertz CT molecular complexity index is 2340. The van der Waals surface area contributed by atoms with Crippen LogP contribution in [0.1, 0.15) is 79.0 Å². The average Bonchev–Trinajstić information content (AvgIpc) is 3.74. The summed E-state index contributed by atoms with van der Waals surface area (Å²) in [6, 6.07) is 20.3. The highest BCUT2D eigenvalue weighted by atomic mass is 16.2. The maximum Gasteiger partial charge on any atom is 0.329 e. The van der Waals surface area contributed by atoms with Gasteiger partial charge in [-0.05, 0) is 106 Å². The molecule has 12 nitrogen and oxygen atoms in total. The van der Waals surface area contributed by atoms with Crippen molar-refractivity contribution in [3.8, 4) is 22.5 Å². The minimum atomic E-state index is -0.671. The molecule has 4 aliphatic heterocycles. The van der Waals surface area contributed by atoms with E-state index in [-0.39, 0.29) is 30.0 Å². The number of anilines is 1. The van der Waals surface area contributed by atoms with E-state index in [0.29, 0.717) is 18.3 Å². The van der Waals surface area contributed by atoms with E-state index in [4.69, 9.17) is 0 Å². The van der Waals surface area contributed by atoms with Crippen molar-refractivity contribution < 1.29 is 14.4 Å². The first-order chi connectivity index (χ1) is 26.7. The molecule has 2 atom stereocenters. The van der Waals surface area contributed by atoms with Crippen molar-refractivity contribution in [2.75, 3.05) is 37.6 Å². The Hall–Kier alpha value is -5.49. The van der Waals surface area contributed by atoms with Crippen molar-refractivity contribution in [3.05, 3.63) is 94.2 Å². The number of imidazole rings is 1. The van der Waals surface area contributed by atoms with Crippen LogP contribution in [0.3, 0.4) is 0 Å². The number of pyridine rings is 1. The smallest absolute Gasteiger partial charge is 0.329 e. The van der Waals surface area contributed by atoms with Crippen LogP contribution in [0.15, 0.2) is 71.7 Å². The van der Waals surface area contributed by atoms with Gasteiger partial charge in [0, 0.05) is 80.0 Å². The number of nitrogens with zero attached hydrogens (tertiary/aromatic N) is 5. The van der Waals surface area contributed by atoms with Crippen LogP contribution in [0.2, 0.25) is 0 Å². The summed E-state index contributed by atoms with van der Waals surface area (Å²) in [5.74, 6) is 0.309. The van der Waals surface area contributed by atoms with Crippen LogP contribution in [0.4, 0.5) is 5.69 Å². The molecule has 0 spiro atoms. The molecule has 0 saturated carbocycles. The van der Waals surface area contributed by atoms with Crippen LogP contribution in [-0.4, -0.2) is 80.5 Å². The zero-order chi connectivity index (χ0) is 37.8. The number of rotatable bonds is 7. The summed E-state index contributed by atoms with van der Waals surface area (Å²) in [5.41, 5.74) is 9.52. The van der Waals surface area contributed by atoms with E-state index in [1.165, 1.54) is 11.3 Å². The number of imide groups is 1. The van der Waals surface area contributed by atoms with Gasteiger partial charge in [0.05, 0.1) is 22.3 Å². The van der Waals surface area contributed by atoms with Crippen molar-refractivity contribution in [1.29, 1.82) is 0 Å². The van der Waals surface area contributed by atoms with Gasteiger partial charge in [0.1, 0.15) is 6.04 Å². The molecule has 0 radical (unpaired) electrons. The van der Waals surface area contributed by atoms with Gasteiger partial charge in [-0.15, -0.1) is 0 Å². The summed E-state index contributed by atoms with van der Waals surface area (Å²) in [6.45, 7) is 7.27. The number of hydrogen-bond donors (Lipinski definition) is 3. The number of H-pyrrole nitrogens is 1. The molecule has 3 N–H and O–H groups in total. The van der Waals surface area contributed by atoms with Gasteiger partial charge in [-0.2, -0.15) is 0 Å². The number of benzene rings is 2.